The van der Waals surface area contributed by atoms with E-state index in [0.717, 1.165) is 17.3 Å². The minimum atomic E-state index is 0.256. The van der Waals surface area contributed by atoms with Crippen LogP contribution in [0.15, 0.2) is 30.5 Å². The van der Waals surface area contributed by atoms with Crippen molar-refractivity contribution in [2.75, 3.05) is 11.9 Å². The number of rotatable bonds is 6. The maximum absolute atomic E-state index is 5.76. The van der Waals surface area contributed by atoms with Crippen LogP contribution in [0.2, 0.25) is 0 Å². The van der Waals surface area contributed by atoms with Gasteiger partial charge in [0.1, 0.15) is 0 Å². The van der Waals surface area contributed by atoms with Gasteiger partial charge in [0, 0.05) is 24.2 Å². The van der Waals surface area contributed by atoms with Crippen LogP contribution in [0.4, 0.5) is 5.95 Å². The molecule has 3 N–H and O–H groups in total. The fourth-order valence-electron chi connectivity index (χ4n) is 1.92. The zero-order valence-electron chi connectivity index (χ0n) is 10.8. The Balaban J connectivity index is 2.10. The van der Waals surface area contributed by atoms with Crippen LogP contribution >= 0.6 is 0 Å². The van der Waals surface area contributed by atoms with Gasteiger partial charge in [-0.05, 0) is 12.5 Å². The quantitative estimate of drug-likeness (QED) is 0.819. The number of benzene rings is 1. The molecule has 0 saturated heterocycles. The van der Waals surface area contributed by atoms with E-state index >= 15 is 0 Å². The van der Waals surface area contributed by atoms with Crippen LogP contribution in [0, 0.1) is 0 Å². The number of anilines is 1. The number of aromatic nitrogens is 2. The number of para-hydroxylation sites is 1. The summed E-state index contributed by atoms with van der Waals surface area (Å²) in [7, 11) is 0. The van der Waals surface area contributed by atoms with Crippen LogP contribution in [0.5, 0.6) is 0 Å². The fraction of sp³-hybridized carbons (Fsp3) is 0.429. The second-order valence-electron chi connectivity index (χ2n) is 4.47. The maximum Gasteiger partial charge on any atom is 0.223 e. The van der Waals surface area contributed by atoms with Gasteiger partial charge >= 0.3 is 0 Å². The molecular formula is C14H20N4. The second-order valence-corrected chi connectivity index (χ2v) is 4.47. The van der Waals surface area contributed by atoms with E-state index in [0.29, 0.717) is 12.5 Å². The summed E-state index contributed by atoms with van der Waals surface area (Å²) in [5, 5.41) is 4.36. The van der Waals surface area contributed by atoms with E-state index in [-0.39, 0.29) is 6.04 Å². The van der Waals surface area contributed by atoms with E-state index in [1.165, 1.54) is 12.8 Å². The standard InChI is InChI=1S/C14H20N4/c1-2-3-7-12(9-15)17-14-16-10-11-6-4-5-8-13(11)18-14/h4-6,8,10,12H,2-3,7,9,15H2,1H3,(H,16,17,18). The van der Waals surface area contributed by atoms with E-state index in [4.69, 9.17) is 5.73 Å². The molecule has 18 heavy (non-hydrogen) atoms. The van der Waals surface area contributed by atoms with Crippen LogP contribution in [-0.4, -0.2) is 22.6 Å². The van der Waals surface area contributed by atoms with Crippen molar-refractivity contribution in [3.8, 4) is 0 Å². The Kier molecular flexibility index (Phi) is 4.47. The molecule has 1 heterocycles. The Morgan fingerprint density at radius 2 is 2.17 bits per heavy atom. The Bertz CT molecular complexity index is 498. The molecule has 0 bridgehead atoms. The topological polar surface area (TPSA) is 63.8 Å². The van der Waals surface area contributed by atoms with Gasteiger partial charge in [0.25, 0.3) is 0 Å². The van der Waals surface area contributed by atoms with Crippen LogP contribution in [0.3, 0.4) is 0 Å². The number of hydrogen-bond acceptors (Lipinski definition) is 4. The summed E-state index contributed by atoms with van der Waals surface area (Å²) in [6.07, 6.45) is 5.25. The van der Waals surface area contributed by atoms with Crippen molar-refractivity contribution in [1.82, 2.24) is 9.97 Å². The van der Waals surface area contributed by atoms with Gasteiger partial charge < -0.3 is 11.1 Å². The highest BCUT2D eigenvalue weighted by atomic mass is 15.1. The number of fused-ring (bicyclic) bond motifs is 1. The van der Waals surface area contributed by atoms with Crippen molar-refractivity contribution in [3.63, 3.8) is 0 Å². The Morgan fingerprint density at radius 3 is 2.94 bits per heavy atom. The number of unbranched alkanes of at least 4 members (excludes halogenated alkanes) is 1. The molecular weight excluding hydrogens is 224 g/mol. The summed E-state index contributed by atoms with van der Waals surface area (Å²) in [6, 6.07) is 8.23. The molecule has 0 fully saturated rings. The molecule has 4 nitrogen and oxygen atoms in total. The third-order valence-corrected chi connectivity index (χ3v) is 3.01. The lowest BCUT2D eigenvalue weighted by Gasteiger charge is -2.16. The van der Waals surface area contributed by atoms with Crippen molar-refractivity contribution >= 4 is 16.9 Å². The third-order valence-electron chi connectivity index (χ3n) is 3.01. The Hall–Kier alpha value is -1.68. The molecule has 0 spiro atoms. The molecule has 0 aliphatic carbocycles. The van der Waals surface area contributed by atoms with Gasteiger partial charge in [0.15, 0.2) is 0 Å². The molecule has 0 radical (unpaired) electrons. The van der Waals surface area contributed by atoms with Crippen molar-refractivity contribution in [2.24, 2.45) is 5.73 Å². The minimum Gasteiger partial charge on any atom is -0.350 e. The first kappa shape index (κ1) is 12.8. The van der Waals surface area contributed by atoms with Crippen LogP contribution in [0.25, 0.3) is 10.9 Å². The monoisotopic (exact) mass is 244 g/mol. The van der Waals surface area contributed by atoms with Gasteiger partial charge in [0.2, 0.25) is 5.95 Å². The highest BCUT2D eigenvalue weighted by Crippen LogP contribution is 2.13. The first-order chi connectivity index (χ1) is 8.83. The average Bonchev–Trinajstić information content (AvgIpc) is 2.43. The van der Waals surface area contributed by atoms with Crippen molar-refractivity contribution in [2.45, 2.75) is 32.2 Å². The lowest BCUT2D eigenvalue weighted by Crippen LogP contribution is -2.29. The predicted octanol–water partition coefficient (Wildman–Crippen LogP) is 2.56. The zero-order chi connectivity index (χ0) is 12.8. The van der Waals surface area contributed by atoms with Gasteiger partial charge in [0.05, 0.1) is 5.52 Å². The van der Waals surface area contributed by atoms with Gasteiger partial charge in [-0.15, -0.1) is 0 Å². The van der Waals surface area contributed by atoms with Gasteiger partial charge in [-0.25, -0.2) is 9.97 Å². The highest BCUT2D eigenvalue weighted by molar-refractivity contribution is 5.78. The molecule has 0 aliphatic heterocycles. The molecule has 2 rings (SSSR count). The second kappa shape index (κ2) is 6.31. The van der Waals surface area contributed by atoms with E-state index in [2.05, 4.69) is 22.2 Å². The van der Waals surface area contributed by atoms with Crippen molar-refractivity contribution < 1.29 is 0 Å². The van der Waals surface area contributed by atoms with Crippen LogP contribution < -0.4 is 11.1 Å². The summed E-state index contributed by atoms with van der Waals surface area (Å²) in [6.45, 7) is 2.79. The normalized spacial score (nSPS) is 12.6. The summed E-state index contributed by atoms with van der Waals surface area (Å²) in [5.41, 5.74) is 6.72. The molecule has 1 aromatic carbocycles. The Morgan fingerprint density at radius 1 is 1.33 bits per heavy atom. The minimum absolute atomic E-state index is 0.256. The average molecular weight is 244 g/mol. The van der Waals surface area contributed by atoms with Crippen LogP contribution in [0.1, 0.15) is 26.2 Å². The van der Waals surface area contributed by atoms with E-state index < -0.39 is 0 Å². The zero-order valence-corrected chi connectivity index (χ0v) is 10.8. The molecule has 1 unspecified atom stereocenters. The number of hydrogen-bond donors (Lipinski definition) is 2. The molecule has 0 saturated carbocycles. The lowest BCUT2D eigenvalue weighted by atomic mass is 10.1. The Labute approximate surface area is 108 Å². The molecule has 96 valence electrons. The predicted molar refractivity (Wildman–Crippen MR) is 75.5 cm³/mol. The molecule has 1 aromatic heterocycles. The summed E-state index contributed by atoms with van der Waals surface area (Å²) in [4.78, 5) is 8.82. The van der Waals surface area contributed by atoms with Gasteiger partial charge in [-0.3, -0.25) is 0 Å². The van der Waals surface area contributed by atoms with Crippen molar-refractivity contribution in [3.05, 3.63) is 30.5 Å². The summed E-state index contributed by atoms with van der Waals surface area (Å²) < 4.78 is 0. The third kappa shape index (κ3) is 3.17. The molecule has 1 atom stereocenters. The first-order valence-corrected chi connectivity index (χ1v) is 6.52. The van der Waals surface area contributed by atoms with Gasteiger partial charge in [-0.1, -0.05) is 38.0 Å². The van der Waals surface area contributed by atoms with Crippen LogP contribution in [-0.2, 0) is 0 Å². The van der Waals surface area contributed by atoms with Crippen molar-refractivity contribution in [1.29, 1.82) is 0 Å². The first-order valence-electron chi connectivity index (χ1n) is 6.52. The summed E-state index contributed by atoms with van der Waals surface area (Å²) in [5.74, 6) is 0.667. The molecule has 0 aliphatic rings. The molecule has 4 heteroatoms. The largest absolute Gasteiger partial charge is 0.350 e. The maximum atomic E-state index is 5.76. The summed E-state index contributed by atoms with van der Waals surface area (Å²) >= 11 is 0. The highest BCUT2D eigenvalue weighted by Gasteiger charge is 2.07. The SMILES string of the molecule is CCCCC(CN)Nc1ncc2ccccc2n1. The molecule has 2 aromatic rings. The lowest BCUT2D eigenvalue weighted by molar-refractivity contribution is 0.610. The smallest absolute Gasteiger partial charge is 0.223 e. The van der Waals surface area contributed by atoms with E-state index in [1.54, 1.807) is 0 Å². The number of nitrogens with zero attached hydrogens (tertiary/aromatic N) is 2. The van der Waals surface area contributed by atoms with E-state index in [1.807, 2.05) is 30.5 Å². The van der Waals surface area contributed by atoms with Gasteiger partial charge in [-0.2, -0.15) is 0 Å². The van der Waals surface area contributed by atoms with E-state index in [9.17, 15) is 0 Å². The molecule has 0 amide bonds. The number of nitrogens with one attached hydrogen (secondary N) is 1. The fourth-order valence-corrected chi connectivity index (χ4v) is 1.92. The number of nitrogens with two attached hydrogens (primary N) is 1.